The van der Waals surface area contributed by atoms with Crippen LogP contribution in [0.3, 0.4) is 0 Å². The van der Waals surface area contributed by atoms with Gasteiger partial charge < -0.3 is 19.7 Å². The van der Waals surface area contributed by atoms with Crippen molar-refractivity contribution in [2.75, 3.05) is 44.2 Å². The molecule has 2 aromatic rings. The highest BCUT2D eigenvalue weighted by atomic mass is 127. The summed E-state index contributed by atoms with van der Waals surface area (Å²) in [6.07, 6.45) is 5.72. The molecule has 1 fully saturated rings. The van der Waals surface area contributed by atoms with E-state index in [0.717, 1.165) is 51.6 Å². The van der Waals surface area contributed by atoms with Crippen LogP contribution in [0.15, 0.2) is 46.4 Å². The van der Waals surface area contributed by atoms with E-state index in [-0.39, 0.29) is 29.5 Å². The number of anilines is 1. The maximum atomic E-state index is 12.3. The molecule has 1 N–H and O–H groups in total. The minimum Gasteiger partial charge on any atom is -0.357 e. The normalized spacial score (nSPS) is 18.7. The number of hydrogen-bond donors (Lipinski definition) is 1. The van der Waals surface area contributed by atoms with Gasteiger partial charge in [0.05, 0.1) is 0 Å². The number of piperazine rings is 1. The van der Waals surface area contributed by atoms with E-state index in [1.165, 1.54) is 17.5 Å². The van der Waals surface area contributed by atoms with Crippen molar-refractivity contribution < 1.29 is 0 Å². The van der Waals surface area contributed by atoms with E-state index in [1.807, 2.05) is 0 Å². The zero-order chi connectivity index (χ0) is 20.2. The van der Waals surface area contributed by atoms with E-state index in [2.05, 4.69) is 51.3 Å². The maximum Gasteiger partial charge on any atom is 0.293 e. The van der Waals surface area contributed by atoms with Crippen molar-refractivity contribution in [3.8, 4) is 0 Å². The fraction of sp³-hybridized carbons (Fsp3) is 0.500. The molecule has 0 spiro atoms. The second kappa shape index (κ2) is 10.3. The monoisotopic (exact) mass is 522 g/mol. The third kappa shape index (κ3) is 4.79. The van der Waals surface area contributed by atoms with E-state index < -0.39 is 0 Å². The van der Waals surface area contributed by atoms with Gasteiger partial charge in [-0.15, -0.1) is 24.0 Å². The van der Waals surface area contributed by atoms with Gasteiger partial charge in [-0.05, 0) is 30.9 Å². The van der Waals surface area contributed by atoms with Crippen LogP contribution in [0.25, 0.3) is 0 Å². The average Bonchev–Trinajstić information content (AvgIpc) is 3.16. The SMILES string of the molecule is CCNC(=NCC1CCc2ccccc21)N1CCN(c2nccn(C)c2=O)CC1.I. The summed E-state index contributed by atoms with van der Waals surface area (Å²) in [6.45, 7) is 6.96. The van der Waals surface area contributed by atoms with Crippen molar-refractivity contribution in [2.24, 2.45) is 12.0 Å². The van der Waals surface area contributed by atoms with Crippen molar-refractivity contribution in [2.45, 2.75) is 25.7 Å². The molecule has 0 bridgehead atoms. The molecule has 7 nitrogen and oxygen atoms in total. The second-order valence-corrected chi connectivity index (χ2v) is 7.77. The first kappa shape index (κ1) is 22.6. The molecule has 1 atom stereocenters. The number of aromatic nitrogens is 2. The van der Waals surface area contributed by atoms with Crippen LogP contribution in [0.1, 0.15) is 30.4 Å². The van der Waals surface area contributed by atoms with Gasteiger partial charge in [0.15, 0.2) is 11.8 Å². The number of fused-ring (bicyclic) bond motifs is 1. The third-order valence-electron chi connectivity index (χ3n) is 5.93. The van der Waals surface area contributed by atoms with Crippen molar-refractivity contribution >= 4 is 35.8 Å². The molecule has 8 heteroatoms. The van der Waals surface area contributed by atoms with Crippen LogP contribution in [0.2, 0.25) is 0 Å². The number of benzene rings is 1. The van der Waals surface area contributed by atoms with E-state index in [9.17, 15) is 4.79 Å². The van der Waals surface area contributed by atoms with Crippen LogP contribution in [0, 0.1) is 0 Å². The molecule has 0 saturated carbocycles. The summed E-state index contributed by atoms with van der Waals surface area (Å²) in [5.41, 5.74) is 2.90. The van der Waals surface area contributed by atoms with Gasteiger partial charge in [-0.25, -0.2) is 4.98 Å². The number of aliphatic imine (C=N–C) groups is 1. The minimum absolute atomic E-state index is 0. The largest absolute Gasteiger partial charge is 0.357 e. The zero-order valence-corrected chi connectivity index (χ0v) is 20.1. The molecule has 2 heterocycles. The van der Waals surface area contributed by atoms with Gasteiger partial charge in [0.1, 0.15) is 0 Å². The van der Waals surface area contributed by atoms with E-state index in [1.54, 1.807) is 24.0 Å². The first-order chi connectivity index (χ1) is 14.2. The van der Waals surface area contributed by atoms with Crippen molar-refractivity contribution in [3.05, 3.63) is 58.1 Å². The molecule has 4 rings (SSSR count). The van der Waals surface area contributed by atoms with Gasteiger partial charge in [0.2, 0.25) is 0 Å². The number of guanidine groups is 1. The molecular weight excluding hydrogens is 491 g/mol. The molecular formula is C22H31IN6O. The molecule has 162 valence electrons. The van der Waals surface area contributed by atoms with Crippen LogP contribution >= 0.6 is 24.0 Å². The summed E-state index contributed by atoms with van der Waals surface area (Å²) in [4.78, 5) is 26.0. The Morgan fingerprint density at radius 2 is 2.00 bits per heavy atom. The molecule has 30 heavy (non-hydrogen) atoms. The summed E-state index contributed by atoms with van der Waals surface area (Å²) < 4.78 is 1.58. The lowest BCUT2D eigenvalue weighted by Gasteiger charge is -2.36. The number of hydrogen-bond acceptors (Lipinski definition) is 4. The summed E-state index contributed by atoms with van der Waals surface area (Å²) in [7, 11) is 1.76. The predicted octanol–water partition coefficient (Wildman–Crippen LogP) is 2.22. The highest BCUT2D eigenvalue weighted by Gasteiger charge is 2.24. The smallest absolute Gasteiger partial charge is 0.293 e. The number of nitrogens with zero attached hydrogens (tertiary/aromatic N) is 5. The summed E-state index contributed by atoms with van der Waals surface area (Å²) >= 11 is 0. The molecule has 0 amide bonds. The van der Waals surface area contributed by atoms with Crippen LogP contribution in [0.5, 0.6) is 0 Å². The Kier molecular flexibility index (Phi) is 7.74. The lowest BCUT2D eigenvalue weighted by molar-refractivity contribution is 0.370. The van der Waals surface area contributed by atoms with Gasteiger partial charge in [-0.3, -0.25) is 9.79 Å². The quantitative estimate of drug-likeness (QED) is 0.379. The Labute approximate surface area is 195 Å². The number of halogens is 1. The molecule has 2 aliphatic rings. The molecule has 0 radical (unpaired) electrons. The van der Waals surface area contributed by atoms with Crippen LogP contribution in [-0.4, -0.2) is 59.7 Å². The van der Waals surface area contributed by atoms with Gasteiger partial charge in [0, 0.05) is 64.6 Å². The Hall–Kier alpha value is -2.10. The predicted molar refractivity (Wildman–Crippen MR) is 132 cm³/mol. The highest BCUT2D eigenvalue weighted by Crippen LogP contribution is 2.32. The van der Waals surface area contributed by atoms with Crippen molar-refractivity contribution in [1.82, 2.24) is 19.8 Å². The fourth-order valence-corrected chi connectivity index (χ4v) is 4.29. The van der Waals surface area contributed by atoms with Gasteiger partial charge in [0.25, 0.3) is 5.56 Å². The highest BCUT2D eigenvalue weighted by molar-refractivity contribution is 14.0. The number of rotatable bonds is 4. The molecule has 1 unspecified atom stereocenters. The first-order valence-electron chi connectivity index (χ1n) is 10.5. The Morgan fingerprint density at radius 3 is 2.77 bits per heavy atom. The molecule has 1 saturated heterocycles. The van der Waals surface area contributed by atoms with Crippen LogP contribution in [0.4, 0.5) is 5.82 Å². The Morgan fingerprint density at radius 1 is 1.23 bits per heavy atom. The second-order valence-electron chi connectivity index (χ2n) is 7.77. The van der Waals surface area contributed by atoms with Crippen molar-refractivity contribution in [1.29, 1.82) is 0 Å². The molecule has 1 aliphatic carbocycles. The average molecular weight is 522 g/mol. The molecule has 1 aromatic carbocycles. The van der Waals surface area contributed by atoms with E-state index in [0.29, 0.717) is 11.7 Å². The van der Waals surface area contributed by atoms with Crippen LogP contribution in [-0.2, 0) is 13.5 Å². The fourth-order valence-electron chi connectivity index (χ4n) is 4.29. The number of aryl methyl sites for hydroxylation is 2. The first-order valence-corrected chi connectivity index (χ1v) is 10.5. The maximum absolute atomic E-state index is 12.3. The zero-order valence-electron chi connectivity index (χ0n) is 17.8. The van der Waals surface area contributed by atoms with Gasteiger partial charge in [-0.2, -0.15) is 0 Å². The third-order valence-corrected chi connectivity index (χ3v) is 5.93. The van der Waals surface area contributed by atoms with Crippen LogP contribution < -0.4 is 15.8 Å². The molecule has 1 aliphatic heterocycles. The van der Waals surface area contributed by atoms with E-state index >= 15 is 0 Å². The Bertz CT molecular complexity index is 935. The lowest BCUT2D eigenvalue weighted by Crippen LogP contribution is -2.53. The molecule has 1 aromatic heterocycles. The minimum atomic E-state index is -0.0403. The summed E-state index contributed by atoms with van der Waals surface area (Å²) in [6, 6.07) is 8.75. The topological polar surface area (TPSA) is 65.8 Å². The summed E-state index contributed by atoms with van der Waals surface area (Å²) in [5, 5.41) is 3.45. The number of nitrogens with one attached hydrogen (secondary N) is 1. The Balaban J connectivity index is 0.00000256. The van der Waals surface area contributed by atoms with E-state index in [4.69, 9.17) is 4.99 Å². The standard InChI is InChI=1S/C22H30N6O.HI/c1-3-23-22(25-16-18-9-8-17-6-4-5-7-19(17)18)28-14-12-27(13-15-28)20-21(29)26(2)11-10-24-20;/h4-7,10-11,18H,3,8-9,12-16H2,1-2H3,(H,23,25);1H. The van der Waals surface area contributed by atoms with Gasteiger partial charge in [-0.1, -0.05) is 24.3 Å². The lowest BCUT2D eigenvalue weighted by atomic mass is 10.0. The van der Waals surface area contributed by atoms with Gasteiger partial charge >= 0.3 is 0 Å². The van der Waals surface area contributed by atoms with Crippen molar-refractivity contribution in [3.63, 3.8) is 0 Å². The summed E-state index contributed by atoms with van der Waals surface area (Å²) in [5.74, 6) is 2.03.